The second kappa shape index (κ2) is 3.86. The molecule has 0 unspecified atom stereocenters. The van der Waals surface area contributed by atoms with Gasteiger partial charge < -0.3 is 9.84 Å². The maximum atomic E-state index is 9.18. The molecule has 1 radical (unpaired) electrons. The molecule has 1 aliphatic rings. The first-order valence-corrected chi connectivity index (χ1v) is 3.90. The van der Waals surface area contributed by atoms with Gasteiger partial charge >= 0.3 is 0 Å². The second-order valence-electron chi connectivity index (χ2n) is 2.88. The molecule has 13 heavy (non-hydrogen) atoms. The average Bonchev–Trinajstić information content (AvgIpc) is 2.04. The van der Waals surface area contributed by atoms with Gasteiger partial charge in [0.15, 0.2) is 0 Å². The molecule has 2 nitrogen and oxygen atoms in total. The van der Waals surface area contributed by atoms with Gasteiger partial charge in [0.1, 0.15) is 18.1 Å². The molecular formula is C10H10MnO2. The minimum absolute atomic E-state index is 0. The van der Waals surface area contributed by atoms with E-state index in [0.29, 0.717) is 6.61 Å². The molecule has 1 aromatic rings. The van der Waals surface area contributed by atoms with Gasteiger partial charge in [0.05, 0.1) is 0 Å². The van der Waals surface area contributed by atoms with E-state index < -0.39 is 0 Å². The Morgan fingerprint density at radius 1 is 1.38 bits per heavy atom. The van der Waals surface area contributed by atoms with E-state index in [4.69, 9.17) is 4.74 Å². The van der Waals surface area contributed by atoms with Gasteiger partial charge in [-0.1, -0.05) is 0 Å². The summed E-state index contributed by atoms with van der Waals surface area (Å²) in [5.41, 5.74) is 2.27. The number of hydrogen-bond donors (Lipinski definition) is 1. The molecule has 1 aliphatic heterocycles. The minimum atomic E-state index is 0. The summed E-state index contributed by atoms with van der Waals surface area (Å²) in [6, 6.07) is 5.19. The van der Waals surface area contributed by atoms with Crippen LogP contribution in [0.1, 0.15) is 12.5 Å². The first-order valence-electron chi connectivity index (χ1n) is 3.90. The number of benzene rings is 1. The molecule has 0 atom stereocenters. The van der Waals surface area contributed by atoms with Crippen LogP contribution in [0, 0.1) is 0 Å². The zero-order chi connectivity index (χ0) is 8.55. The summed E-state index contributed by atoms with van der Waals surface area (Å²) in [7, 11) is 0. The van der Waals surface area contributed by atoms with Gasteiger partial charge in [-0.3, -0.25) is 0 Å². The van der Waals surface area contributed by atoms with Gasteiger partial charge in [-0.15, -0.1) is 0 Å². The third-order valence-corrected chi connectivity index (χ3v) is 2.02. The Hall–Kier alpha value is -0.921. The SMILES string of the molecule is CC1=CCOc2cc(O)ccc21.[Mn]. The van der Waals surface area contributed by atoms with Crippen LogP contribution in [0.15, 0.2) is 24.3 Å². The maximum Gasteiger partial charge on any atom is 0.130 e. The van der Waals surface area contributed by atoms with Crippen molar-refractivity contribution in [2.24, 2.45) is 0 Å². The van der Waals surface area contributed by atoms with Gasteiger partial charge in [0, 0.05) is 28.7 Å². The Morgan fingerprint density at radius 2 is 2.15 bits per heavy atom. The minimum Gasteiger partial charge on any atom is -0.508 e. The summed E-state index contributed by atoms with van der Waals surface area (Å²) in [6.07, 6.45) is 2.03. The number of phenolic OH excluding ortho intramolecular Hbond substituents is 1. The summed E-state index contributed by atoms with van der Waals surface area (Å²) in [5.74, 6) is 1.03. The van der Waals surface area contributed by atoms with Crippen LogP contribution in [0.2, 0.25) is 0 Å². The fourth-order valence-corrected chi connectivity index (χ4v) is 1.32. The number of phenols is 1. The molecule has 0 bridgehead atoms. The number of aromatic hydroxyl groups is 1. The van der Waals surface area contributed by atoms with Gasteiger partial charge in [0.25, 0.3) is 0 Å². The summed E-state index contributed by atoms with van der Waals surface area (Å²) in [6.45, 7) is 2.64. The van der Waals surface area contributed by atoms with Crippen molar-refractivity contribution in [3.63, 3.8) is 0 Å². The standard InChI is InChI=1S/C10H10O2.Mn/c1-7-4-5-12-10-6-8(11)2-3-9(7)10;/h2-4,6,11H,5H2,1H3;. The van der Waals surface area contributed by atoms with Gasteiger partial charge in [-0.2, -0.15) is 0 Å². The van der Waals surface area contributed by atoms with Crippen molar-refractivity contribution < 1.29 is 26.9 Å². The fraction of sp³-hybridized carbons (Fsp3) is 0.200. The van der Waals surface area contributed by atoms with E-state index in [1.54, 1.807) is 12.1 Å². The van der Waals surface area contributed by atoms with Crippen LogP contribution in [0.5, 0.6) is 11.5 Å². The maximum absolute atomic E-state index is 9.18. The first-order chi connectivity index (χ1) is 5.77. The van der Waals surface area contributed by atoms with E-state index in [-0.39, 0.29) is 22.8 Å². The number of ether oxygens (including phenoxy) is 1. The molecule has 0 aliphatic carbocycles. The monoisotopic (exact) mass is 217 g/mol. The van der Waals surface area contributed by atoms with Crippen LogP contribution >= 0.6 is 0 Å². The molecule has 1 aromatic carbocycles. The van der Waals surface area contributed by atoms with Gasteiger partial charge in [-0.05, 0) is 30.7 Å². The quantitative estimate of drug-likeness (QED) is 0.675. The molecule has 69 valence electrons. The van der Waals surface area contributed by atoms with Crippen molar-refractivity contribution in [2.75, 3.05) is 6.61 Å². The van der Waals surface area contributed by atoms with E-state index in [0.717, 1.165) is 11.3 Å². The molecule has 0 saturated heterocycles. The summed E-state index contributed by atoms with van der Waals surface area (Å²) in [4.78, 5) is 0. The molecule has 0 fully saturated rings. The topological polar surface area (TPSA) is 29.5 Å². The van der Waals surface area contributed by atoms with E-state index in [1.807, 2.05) is 19.1 Å². The summed E-state index contributed by atoms with van der Waals surface area (Å²) in [5, 5.41) is 9.18. The third-order valence-electron chi connectivity index (χ3n) is 2.02. The summed E-state index contributed by atoms with van der Waals surface area (Å²) >= 11 is 0. The predicted molar refractivity (Wildman–Crippen MR) is 47.3 cm³/mol. The van der Waals surface area contributed by atoms with E-state index >= 15 is 0 Å². The van der Waals surface area contributed by atoms with Crippen molar-refractivity contribution in [3.8, 4) is 11.5 Å². The zero-order valence-corrected chi connectivity index (χ0v) is 8.43. The Bertz CT molecular complexity index is 345. The van der Waals surface area contributed by atoms with Crippen LogP contribution in [0.25, 0.3) is 5.57 Å². The van der Waals surface area contributed by atoms with Crippen molar-refractivity contribution in [1.29, 1.82) is 0 Å². The molecule has 0 aromatic heterocycles. The molecule has 0 saturated carbocycles. The smallest absolute Gasteiger partial charge is 0.130 e. The largest absolute Gasteiger partial charge is 0.508 e. The van der Waals surface area contributed by atoms with Crippen molar-refractivity contribution in [3.05, 3.63) is 29.8 Å². The fourth-order valence-electron chi connectivity index (χ4n) is 1.32. The third kappa shape index (κ3) is 1.87. The van der Waals surface area contributed by atoms with Gasteiger partial charge in [-0.25, -0.2) is 0 Å². The molecule has 0 spiro atoms. The van der Waals surface area contributed by atoms with Crippen molar-refractivity contribution in [1.82, 2.24) is 0 Å². The Labute approximate surface area is 87.7 Å². The van der Waals surface area contributed by atoms with Crippen LogP contribution in [-0.4, -0.2) is 11.7 Å². The molecule has 0 amide bonds. The van der Waals surface area contributed by atoms with Crippen molar-refractivity contribution >= 4 is 5.57 Å². The zero-order valence-electron chi connectivity index (χ0n) is 7.25. The van der Waals surface area contributed by atoms with Crippen LogP contribution in [0.4, 0.5) is 0 Å². The summed E-state index contributed by atoms with van der Waals surface area (Å²) < 4.78 is 5.34. The molecule has 3 heteroatoms. The molecule has 1 N–H and O–H groups in total. The average molecular weight is 217 g/mol. The van der Waals surface area contributed by atoms with Crippen LogP contribution < -0.4 is 4.74 Å². The molecular weight excluding hydrogens is 207 g/mol. The van der Waals surface area contributed by atoms with Crippen LogP contribution in [0.3, 0.4) is 0 Å². The predicted octanol–water partition coefficient (Wildman–Crippen LogP) is 2.19. The second-order valence-corrected chi connectivity index (χ2v) is 2.88. The number of hydrogen-bond acceptors (Lipinski definition) is 2. The first kappa shape index (κ1) is 10.2. The van der Waals surface area contributed by atoms with E-state index in [2.05, 4.69) is 0 Å². The van der Waals surface area contributed by atoms with Crippen LogP contribution in [-0.2, 0) is 17.1 Å². The Kier molecular flexibility index (Phi) is 3.02. The van der Waals surface area contributed by atoms with Gasteiger partial charge in [0.2, 0.25) is 0 Å². The number of fused-ring (bicyclic) bond motifs is 1. The molecule has 1 heterocycles. The van der Waals surface area contributed by atoms with E-state index in [9.17, 15) is 5.11 Å². The van der Waals surface area contributed by atoms with Crippen molar-refractivity contribution in [2.45, 2.75) is 6.92 Å². The number of rotatable bonds is 0. The Balaban J connectivity index is 0.000000845. The van der Waals surface area contributed by atoms with E-state index in [1.165, 1.54) is 5.57 Å². The number of allylic oxidation sites excluding steroid dienone is 1. The normalized spacial score (nSPS) is 13.5. The Morgan fingerprint density at radius 3 is 2.92 bits per heavy atom. The molecule has 2 rings (SSSR count).